The Morgan fingerprint density at radius 2 is 2.54 bits per heavy atom. The molecule has 0 aliphatic heterocycles. The summed E-state index contributed by atoms with van der Waals surface area (Å²) in [7, 11) is 1.75. The maximum absolute atomic E-state index is 11.3. The number of hydrogen-bond donors (Lipinski definition) is 1. The maximum Gasteiger partial charge on any atom is 0.272 e. The van der Waals surface area contributed by atoms with E-state index in [9.17, 15) is 4.79 Å². The highest BCUT2D eigenvalue weighted by Crippen LogP contribution is 1.94. The third-order valence-electron chi connectivity index (χ3n) is 1.54. The molecule has 1 amide bonds. The molecule has 0 radical (unpaired) electrons. The highest BCUT2D eigenvalue weighted by Gasteiger charge is 2.09. The van der Waals surface area contributed by atoms with Crippen molar-refractivity contribution in [3.8, 4) is 12.3 Å². The average Bonchev–Trinajstić information content (AvgIpc) is 2.51. The molecule has 0 aliphatic carbocycles. The van der Waals surface area contributed by atoms with Gasteiger partial charge in [-0.2, -0.15) is 5.10 Å². The Labute approximate surface area is 76.9 Å². The first-order valence-electron chi connectivity index (χ1n) is 3.90. The highest BCUT2D eigenvalue weighted by molar-refractivity contribution is 5.92. The fraction of sp³-hybridized carbons (Fsp3) is 0.333. The van der Waals surface area contributed by atoms with Gasteiger partial charge in [0.15, 0.2) is 0 Å². The molecular formula is C9H11N3O. The second-order valence-electron chi connectivity index (χ2n) is 2.74. The first kappa shape index (κ1) is 9.33. The van der Waals surface area contributed by atoms with Crippen molar-refractivity contribution in [1.82, 2.24) is 15.1 Å². The molecule has 0 saturated carbocycles. The summed E-state index contributed by atoms with van der Waals surface area (Å²) in [6.45, 7) is 1.74. The van der Waals surface area contributed by atoms with Gasteiger partial charge in [0.25, 0.3) is 5.91 Å². The molecule has 0 fully saturated rings. The van der Waals surface area contributed by atoms with Crippen LogP contribution >= 0.6 is 0 Å². The largest absolute Gasteiger partial charge is 0.337 e. The van der Waals surface area contributed by atoms with Gasteiger partial charge in [0.1, 0.15) is 5.69 Å². The van der Waals surface area contributed by atoms with Crippen molar-refractivity contribution in [2.45, 2.75) is 13.0 Å². The van der Waals surface area contributed by atoms with Crippen LogP contribution in [0.2, 0.25) is 0 Å². The predicted molar refractivity (Wildman–Crippen MR) is 49.0 cm³/mol. The lowest BCUT2D eigenvalue weighted by Gasteiger charge is -2.04. The number of terminal acetylenes is 1. The van der Waals surface area contributed by atoms with E-state index in [1.165, 1.54) is 0 Å². The third kappa shape index (κ3) is 2.34. The quantitative estimate of drug-likeness (QED) is 0.655. The van der Waals surface area contributed by atoms with E-state index < -0.39 is 0 Å². The number of nitrogens with one attached hydrogen (secondary N) is 1. The van der Waals surface area contributed by atoms with Crippen LogP contribution in [0.5, 0.6) is 0 Å². The van der Waals surface area contributed by atoms with Crippen molar-refractivity contribution in [3.63, 3.8) is 0 Å². The Bertz CT molecular complexity index is 348. The molecule has 1 N–H and O–H groups in total. The minimum absolute atomic E-state index is 0.244. The molecule has 1 aromatic heterocycles. The minimum Gasteiger partial charge on any atom is -0.337 e. The van der Waals surface area contributed by atoms with Gasteiger partial charge in [-0.05, 0) is 13.0 Å². The molecule has 0 aliphatic rings. The molecule has 68 valence electrons. The number of nitrogens with zero attached hydrogens (tertiary/aromatic N) is 2. The molecular weight excluding hydrogens is 166 g/mol. The van der Waals surface area contributed by atoms with Gasteiger partial charge in [-0.25, -0.2) is 0 Å². The van der Waals surface area contributed by atoms with Crippen molar-refractivity contribution in [3.05, 3.63) is 18.0 Å². The number of rotatable bonds is 2. The molecule has 4 heteroatoms. The van der Waals surface area contributed by atoms with Crippen LogP contribution in [-0.2, 0) is 7.05 Å². The van der Waals surface area contributed by atoms with Gasteiger partial charge in [-0.1, -0.05) is 5.92 Å². The van der Waals surface area contributed by atoms with Gasteiger partial charge in [0.2, 0.25) is 0 Å². The lowest BCUT2D eigenvalue weighted by molar-refractivity contribution is 0.0942. The van der Waals surface area contributed by atoms with Gasteiger partial charge in [0.05, 0.1) is 6.04 Å². The Hall–Kier alpha value is -1.76. The molecule has 0 aromatic carbocycles. The number of carbonyl (C=O) groups is 1. The van der Waals surface area contributed by atoms with Crippen LogP contribution in [0.1, 0.15) is 17.4 Å². The summed E-state index contributed by atoms with van der Waals surface area (Å²) >= 11 is 0. The fourth-order valence-corrected chi connectivity index (χ4v) is 0.848. The van der Waals surface area contributed by atoms with Crippen LogP contribution in [0.3, 0.4) is 0 Å². The van der Waals surface area contributed by atoms with Crippen molar-refractivity contribution in [2.75, 3.05) is 0 Å². The van der Waals surface area contributed by atoms with Crippen molar-refractivity contribution in [2.24, 2.45) is 7.05 Å². The number of aromatic nitrogens is 2. The van der Waals surface area contributed by atoms with E-state index in [2.05, 4.69) is 16.3 Å². The standard InChI is InChI=1S/C9H11N3O/c1-4-7(2)10-9(13)8-5-6-12(3)11-8/h1,5-7H,2-3H3,(H,10,13). The van der Waals surface area contributed by atoms with Crippen LogP contribution in [0.25, 0.3) is 0 Å². The number of amides is 1. The van der Waals surface area contributed by atoms with Gasteiger partial charge < -0.3 is 5.32 Å². The van der Waals surface area contributed by atoms with Crippen LogP contribution in [0.4, 0.5) is 0 Å². The van der Waals surface area contributed by atoms with Gasteiger partial charge in [0, 0.05) is 13.2 Å². The summed E-state index contributed by atoms with van der Waals surface area (Å²) in [6, 6.07) is 1.37. The van der Waals surface area contributed by atoms with Crippen LogP contribution in [-0.4, -0.2) is 21.7 Å². The van der Waals surface area contributed by atoms with Crippen molar-refractivity contribution < 1.29 is 4.79 Å². The molecule has 4 nitrogen and oxygen atoms in total. The van der Waals surface area contributed by atoms with Crippen LogP contribution in [0.15, 0.2) is 12.3 Å². The van der Waals surface area contributed by atoms with E-state index >= 15 is 0 Å². The van der Waals surface area contributed by atoms with E-state index in [1.807, 2.05) is 0 Å². The van der Waals surface area contributed by atoms with Gasteiger partial charge in [-0.15, -0.1) is 6.42 Å². The van der Waals surface area contributed by atoms with Crippen LogP contribution < -0.4 is 5.32 Å². The van der Waals surface area contributed by atoms with Crippen molar-refractivity contribution >= 4 is 5.91 Å². The molecule has 0 saturated heterocycles. The maximum atomic E-state index is 11.3. The van der Waals surface area contributed by atoms with E-state index in [4.69, 9.17) is 6.42 Å². The zero-order chi connectivity index (χ0) is 9.84. The summed E-state index contributed by atoms with van der Waals surface area (Å²) in [6.07, 6.45) is 6.82. The Morgan fingerprint density at radius 3 is 3.00 bits per heavy atom. The van der Waals surface area contributed by atoms with E-state index in [1.54, 1.807) is 30.9 Å². The summed E-state index contributed by atoms with van der Waals surface area (Å²) in [4.78, 5) is 11.3. The van der Waals surface area contributed by atoms with E-state index in [-0.39, 0.29) is 11.9 Å². The lowest BCUT2D eigenvalue weighted by atomic mass is 10.3. The predicted octanol–water partition coefficient (Wildman–Crippen LogP) is 0.172. The first-order chi connectivity index (χ1) is 6.13. The average molecular weight is 177 g/mol. The van der Waals surface area contributed by atoms with Gasteiger partial charge in [-0.3, -0.25) is 9.48 Å². The monoisotopic (exact) mass is 177 g/mol. The third-order valence-corrected chi connectivity index (χ3v) is 1.54. The first-order valence-corrected chi connectivity index (χ1v) is 3.90. The molecule has 1 aromatic rings. The number of hydrogen-bond acceptors (Lipinski definition) is 2. The SMILES string of the molecule is C#CC(C)NC(=O)c1ccn(C)n1. The zero-order valence-electron chi connectivity index (χ0n) is 7.61. The second-order valence-corrected chi connectivity index (χ2v) is 2.74. The molecule has 0 bridgehead atoms. The Balaban J connectivity index is 2.65. The van der Waals surface area contributed by atoms with E-state index in [0.717, 1.165) is 0 Å². The van der Waals surface area contributed by atoms with Crippen molar-refractivity contribution in [1.29, 1.82) is 0 Å². The highest BCUT2D eigenvalue weighted by atomic mass is 16.2. The smallest absolute Gasteiger partial charge is 0.272 e. The van der Waals surface area contributed by atoms with Crippen LogP contribution in [0, 0.1) is 12.3 Å². The molecule has 1 rings (SSSR count). The normalized spacial score (nSPS) is 11.8. The van der Waals surface area contributed by atoms with E-state index in [0.29, 0.717) is 5.69 Å². The Morgan fingerprint density at radius 1 is 1.85 bits per heavy atom. The lowest BCUT2D eigenvalue weighted by Crippen LogP contribution is -2.31. The van der Waals surface area contributed by atoms with Gasteiger partial charge >= 0.3 is 0 Å². The molecule has 1 unspecified atom stereocenters. The number of aryl methyl sites for hydroxylation is 1. The summed E-state index contributed by atoms with van der Waals surface area (Å²) in [5.74, 6) is 2.16. The molecule has 1 atom stereocenters. The molecule has 1 heterocycles. The summed E-state index contributed by atoms with van der Waals surface area (Å²) in [5, 5.41) is 6.54. The Kier molecular flexibility index (Phi) is 2.70. The molecule has 0 spiro atoms. The summed E-state index contributed by atoms with van der Waals surface area (Å²) in [5.41, 5.74) is 0.379. The molecule has 13 heavy (non-hydrogen) atoms. The minimum atomic E-state index is -0.269. The number of carbonyl (C=O) groups excluding carboxylic acids is 1. The second kappa shape index (κ2) is 3.76. The topological polar surface area (TPSA) is 46.9 Å². The zero-order valence-corrected chi connectivity index (χ0v) is 7.61. The summed E-state index contributed by atoms with van der Waals surface area (Å²) < 4.78 is 1.56. The fourth-order valence-electron chi connectivity index (χ4n) is 0.848.